The highest BCUT2D eigenvalue weighted by Gasteiger charge is 2.17. The van der Waals surface area contributed by atoms with Crippen LogP contribution in [0.15, 0.2) is 64.7 Å². The van der Waals surface area contributed by atoms with Crippen LogP contribution in [0.25, 0.3) is 10.6 Å². The maximum absolute atomic E-state index is 12.7. The maximum Gasteiger partial charge on any atom is 0.340 e. The van der Waals surface area contributed by atoms with Crippen LogP contribution < -0.4 is 14.8 Å². The van der Waals surface area contributed by atoms with E-state index in [4.69, 9.17) is 14.2 Å². The number of benzene rings is 2. The molecule has 0 fully saturated rings. The average molecular weight is 495 g/mol. The van der Waals surface area contributed by atoms with Crippen LogP contribution in [0.3, 0.4) is 0 Å². The molecule has 1 N–H and O–H groups in total. The molecule has 9 heteroatoms. The lowest BCUT2D eigenvalue weighted by Crippen LogP contribution is -2.15. The van der Waals surface area contributed by atoms with Crippen LogP contribution in [0, 0.1) is 0 Å². The molecular formula is C25H22N2O5S2. The number of amides is 1. The van der Waals surface area contributed by atoms with Gasteiger partial charge in [-0.25, -0.2) is 9.78 Å². The van der Waals surface area contributed by atoms with E-state index in [1.807, 2.05) is 35.9 Å². The van der Waals surface area contributed by atoms with Gasteiger partial charge in [0.2, 0.25) is 0 Å². The van der Waals surface area contributed by atoms with Crippen LogP contribution in [0.4, 0.5) is 5.69 Å². The average Bonchev–Trinajstić information content (AvgIpc) is 3.56. The van der Waals surface area contributed by atoms with Gasteiger partial charge in [0.15, 0.2) is 11.5 Å². The first kappa shape index (κ1) is 23.5. The molecule has 0 aliphatic heterocycles. The molecule has 2 aromatic heterocycles. The number of methoxy groups -OCH3 is 1. The highest BCUT2D eigenvalue weighted by molar-refractivity contribution is 7.13. The molecule has 7 nitrogen and oxygen atoms in total. The van der Waals surface area contributed by atoms with Crippen molar-refractivity contribution in [1.82, 2.24) is 4.98 Å². The molecule has 4 aromatic rings. The fourth-order valence-corrected chi connectivity index (χ4v) is 4.59. The standard InChI is InChI=1S/C25H22N2O5S2/c1-3-31-21-9-8-16(12-22(21)30-2)24-26-18(15-34-24)13-32-25(29)19-6-4-5-7-20(19)27-23(28)17-10-11-33-14-17/h4-12,14-15H,3,13H2,1-2H3,(H,27,28). The first-order valence-electron chi connectivity index (χ1n) is 10.4. The number of ether oxygens (including phenoxy) is 3. The van der Waals surface area contributed by atoms with Crippen molar-refractivity contribution in [2.75, 3.05) is 19.0 Å². The number of carbonyl (C=O) groups excluding carboxylic acids is 2. The van der Waals surface area contributed by atoms with Gasteiger partial charge in [-0.2, -0.15) is 11.3 Å². The number of anilines is 1. The maximum atomic E-state index is 12.7. The summed E-state index contributed by atoms with van der Waals surface area (Å²) >= 11 is 2.87. The SMILES string of the molecule is CCOc1ccc(-c2nc(COC(=O)c3ccccc3NC(=O)c3ccsc3)cs2)cc1OC. The van der Waals surface area contributed by atoms with Crippen LogP contribution in [-0.2, 0) is 11.3 Å². The first-order valence-corrected chi connectivity index (χ1v) is 12.3. The van der Waals surface area contributed by atoms with E-state index in [0.717, 1.165) is 10.6 Å². The molecular weight excluding hydrogens is 472 g/mol. The Morgan fingerprint density at radius 3 is 2.68 bits per heavy atom. The number of thiazole rings is 1. The van der Waals surface area contributed by atoms with Crippen LogP contribution in [-0.4, -0.2) is 30.6 Å². The minimum Gasteiger partial charge on any atom is -0.493 e. The molecule has 0 unspecified atom stereocenters. The number of esters is 1. The van der Waals surface area contributed by atoms with E-state index in [2.05, 4.69) is 10.3 Å². The van der Waals surface area contributed by atoms with Gasteiger partial charge >= 0.3 is 5.97 Å². The van der Waals surface area contributed by atoms with Crippen molar-refractivity contribution in [2.45, 2.75) is 13.5 Å². The lowest BCUT2D eigenvalue weighted by Gasteiger charge is -2.10. The fourth-order valence-electron chi connectivity index (χ4n) is 3.16. The molecule has 1 amide bonds. The minimum atomic E-state index is -0.543. The van der Waals surface area contributed by atoms with Gasteiger partial charge in [0, 0.05) is 16.3 Å². The molecule has 0 bridgehead atoms. The summed E-state index contributed by atoms with van der Waals surface area (Å²) in [6, 6.07) is 14.1. The van der Waals surface area contributed by atoms with Crippen LogP contribution in [0.5, 0.6) is 11.5 Å². The second-order valence-corrected chi connectivity index (χ2v) is 8.67. The molecule has 174 valence electrons. The number of para-hydroxylation sites is 1. The molecule has 0 aliphatic carbocycles. The largest absolute Gasteiger partial charge is 0.493 e. The Morgan fingerprint density at radius 2 is 1.91 bits per heavy atom. The van der Waals surface area contributed by atoms with Crippen molar-refractivity contribution in [3.05, 3.63) is 81.5 Å². The van der Waals surface area contributed by atoms with Crippen LogP contribution in [0.1, 0.15) is 33.3 Å². The molecule has 0 aliphatic rings. The zero-order valence-electron chi connectivity index (χ0n) is 18.6. The number of hydrogen-bond donors (Lipinski definition) is 1. The van der Waals surface area contributed by atoms with Crippen molar-refractivity contribution in [1.29, 1.82) is 0 Å². The Balaban J connectivity index is 1.43. The van der Waals surface area contributed by atoms with Gasteiger partial charge in [-0.3, -0.25) is 4.79 Å². The Morgan fingerprint density at radius 1 is 1.06 bits per heavy atom. The Kier molecular flexibility index (Phi) is 7.56. The van der Waals surface area contributed by atoms with E-state index >= 15 is 0 Å². The van der Waals surface area contributed by atoms with Gasteiger partial charge in [0.1, 0.15) is 11.6 Å². The number of rotatable bonds is 9. The summed E-state index contributed by atoms with van der Waals surface area (Å²) in [7, 11) is 1.59. The van der Waals surface area contributed by atoms with E-state index in [-0.39, 0.29) is 18.1 Å². The van der Waals surface area contributed by atoms with E-state index in [9.17, 15) is 9.59 Å². The lowest BCUT2D eigenvalue weighted by molar-refractivity contribution is 0.0469. The van der Waals surface area contributed by atoms with E-state index < -0.39 is 5.97 Å². The van der Waals surface area contributed by atoms with Crippen LogP contribution in [0.2, 0.25) is 0 Å². The fraction of sp³-hybridized carbons (Fsp3) is 0.160. The highest BCUT2D eigenvalue weighted by Crippen LogP contribution is 2.34. The third-order valence-electron chi connectivity index (χ3n) is 4.79. The van der Waals surface area contributed by atoms with Gasteiger partial charge in [-0.15, -0.1) is 11.3 Å². The summed E-state index contributed by atoms with van der Waals surface area (Å²) < 4.78 is 16.5. The van der Waals surface area contributed by atoms with E-state index in [1.165, 1.54) is 22.7 Å². The predicted molar refractivity (Wildman–Crippen MR) is 133 cm³/mol. The number of hydrogen-bond acceptors (Lipinski definition) is 8. The van der Waals surface area contributed by atoms with E-state index in [1.54, 1.807) is 42.8 Å². The summed E-state index contributed by atoms with van der Waals surface area (Å²) in [4.78, 5) is 29.7. The van der Waals surface area contributed by atoms with Crippen molar-refractivity contribution in [3.63, 3.8) is 0 Å². The second-order valence-electron chi connectivity index (χ2n) is 7.03. The van der Waals surface area contributed by atoms with Crippen molar-refractivity contribution >= 4 is 40.2 Å². The van der Waals surface area contributed by atoms with E-state index in [0.29, 0.717) is 35.1 Å². The summed E-state index contributed by atoms with van der Waals surface area (Å²) in [5.74, 6) is 0.475. The molecule has 2 aromatic carbocycles. The zero-order chi connectivity index (χ0) is 23.9. The normalized spacial score (nSPS) is 10.5. The Hall–Kier alpha value is -3.69. The first-order chi connectivity index (χ1) is 16.6. The van der Waals surface area contributed by atoms with Gasteiger partial charge in [-0.05, 0) is 48.7 Å². The lowest BCUT2D eigenvalue weighted by atomic mass is 10.1. The number of aromatic nitrogens is 1. The van der Waals surface area contributed by atoms with Crippen LogP contribution >= 0.6 is 22.7 Å². The molecule has 0 radical (unpaired) electrons. The van der Waals surface area contributed by atoms with Crippen molar-refractivity contribution in [2.24, 2.45) is 0 Å². The Bertz CT molecular complexity index is 1280. The molecule has 4 rings (SSSR count). The number of carbonyl (C=O) groups is 2. The summed E-state index contributed by atoms with van der Waals surface area (Å²) in [5.41, 5.74) is 2.71. The van der Waals surface area contributed by atoms with Gasteiger partial charge in [0.05, 0.1) is 36.2 Å². The number of thiophene rings is 1. The smallest absolute Gasteiger partial charge is 0.340 e. The second kappa shape index (κ2) is 11.0. The third kappa shape index (κ3) is 5.44. The monoisotopic (exact) mass is 494 g/mol. The molecule has 34 heavy (non-hydrogen) atoms. The molecule has 0 atom stereocenters. The van der Waals surface area contributed by atoms with Gasteiger partial charge < -0.3 is 19.5 Å². The highest BCUT2D eigenvalue weighted by atomic mass is 32.1. The van der Waals surface area contributed by atoms with Gasteiger partial charge in [0.25, 0.3) is 5.91 Å². The molecule has 0 spiro atoms. The third-order valence-corrected chi connectivity index (χ3v) is 6.42. The number of nitrogens with one attached hydrogen (secondary N) is 1. The minimum absolute atomic E-state index is 0.0102. The number of nitrogens with zero attached hydrogens (tertiary/aromatic N) is 1. The predicted octanol–water partition coefficient (Wildman–Crippen LogP) is 5.89. The zero-order valence-corrected chi connectivity index (χ0v) is 20.2. The van der Waals surface area contributed by atoms with Gasteiger partial charge in [-0.1, -0.05) is 12.1 Å². The van der Waals surface area contributed by atoms with Crippen molar-refractivity contribution < 1.29 is 23.8 Å². The van der Waals surface area contributed by atoms with Crippen molar-refractivity contribution in [3.8, 4) is 22.1 Å². The molecule has 0 saturated carbocycles. The summed E-state index contributed by atoms with van der Waals surface area (Å²) in [6.07, 6.45) is 0. The summed E-state index contributed by atoms with van der Waals surface area (Å²) in [6.45, 7) is 2.47. The summed E-state index contributed by atoms with van der Waals surface area (Å²) in [5, 5.41) is 8.96. The molecule has 0 saturated heterocycles. The quantitative estimate of drug-likeness (QED) is 0.292. The Labute approximate surface area is 205 Å². The topological polar surface area (TPSA) is 86.8 Å². The molecule has 2 heterocycles.